The smallest absolute Gasteiger partial charge is 0.265 e. The lowest BCUT2D eigenvalue weighted by Crippen LogP contribution is -2.57. The summed E-state index contributed by atoms with van der Waals surface area (Å²) < 4.78 is 5.20. The van der Waals surface area contributed by atoms with Gasteiger partial charge in [-0.1, -0.05) is 6.07 Å². The zero-order valence-electron chi connectivity index (χ0n) is 12.3. The zero-order chi connectivity index (χ0) is 16.0. The van der Waals surface area contributed by atoms with Gasteiger partial charge < -0.3 is 15.2 Å². The second kappa shape index (κ2) is 5.10. The number of imide groups is 1. The maximum Gasteiger partial charge on any atom is 0.265 e. The van der Waals surface area contributed by atoms with Crippen LogP contribution in [0.4, 0.5) is 0 Å². The Morgan fingerprint density at radius 2 is 1.91 bits per heavy atom. The van der Waals surface area contributed by atoms with Crippen LogP contribution in [-0.2, 0) is 9.53 Å². The maximum absolute atomic E-state index is 12.6. The number of piperidine rings is 1. The third-order valence-corrected chi connectivity index (χ3v) is 4.16. The van der Waals surface area contributed by atoms with Gasteiger partial charge in [0.15, 0.2) is 6.23 Å². The molecule has 2 atom stereocenters. The van der Waals surface area contributed by atoms with E-state index in [0.29, 0.717) is 12.0 Å². The Morgan fingerprint density at radius 1 is 1.23 bits per heavy atom. The molecule has 22 heavy (non-hydrogen) atoms. The molecule has 0 bridgehead atoms. The van der Waals surface area contributed by atoms with Crippen molar-refractivity contribution < 1.29 is 24.2 Å². The summed E-state index contributed by atoms with van der Waals surface area (Å²) in [5, 5.41) is 12.5. The molecule has 0 saturated carbocycles. The summed E-state index contributed by atoms with van der Waals surface area (Å²) in [5.74, 6) is -1.41. The van der Waals surface area contributed by atoms with Crippen molar-refractivity contribution in [2.24, 2.45) is 0 Å². The number of fused-ring (bicyclic) bond motifs is 1. The van der Waals surface area contributed by atoms with Gasteiger partial charge in [-0.05, 0) is 25.0 Å². The number of phenolic OH excluding ortho intramolecular Hbond substituents is 1. The molecule has 2 aliphatic rings. The molecule has 0 spiro atoms. The van der Waals surface area contributed by atoms with Gasteiger partial charge in [0, 0.05) is 13.5 Å². The number of nitrogens with one attached hydrogen (secondary N) is 1. The van der Waals surface area contributed by atoms with Crippen molar-refractivity contribution in [3.8, 4) is 5.75 Å². The number of rotatable bonds is 2. The van der Waals surface area contributed by atoms with Gasteiger partial charge in [-0.15, -0.1) is 0 Å². The van der Waals surface area contributed by atoms with E-state index < -0.39 is 24.1 Å². The molecule has 3 rings (SSSR count). The lowest BCUT2D eigenvalue weighted by Gasteiger charge is -2.35. The van der Waals surface area contributed by atoms with E-state index in [-0.39, 0.29) is 29.2 Å². The van der Waals surface area contributed by atoms with E-state index in [4.69, 9.17) is 4.74 Å². The largest absolute Gasteiger partial charge is 0.507 e. The van der Waals surface area contributed by atoms with Gasteiger partial charge in [0.05, 0.1) is 17.2 Å². The molecule has 2 unspecified atom stereocenters. The monoisotopic (exact) mass is 304 g/mol. The third-order valence-electron chi connectivity index (χ3n) is 4.16. The minimum Gasteiger partial charge on any atom is -0.507 e. The highest BCUT2D eigenvalue weighted by Crippen LogP contribution is 2.35. The standard InChI is InChI=1S/C15H16N2O5/c1-7-3-5-9(18)12-11(7)14(20)17(15(12)21)8-4-6-10(19)16-13(8)22-2/h3,5,8,13,18H,4,6H2,1-2H3,(H,16,19). The normalized spacial score (nSPS) is 24.5. The van der Waals surface area contributed by atoms with Crippen molar-refractivity contribution in [1.82, 2.24) is 10.2 Å². The number of hydrogen-bond donors (Lipinski definition) is 2. The molecule has 3 amide bonds. The van der Waals surface area contributed by atoms with Crippen LogP contribution in [0.3, 0.4) is 0 Å². The summed E-state index contributed by atoms with van der Waals surface area (Å²) in [4.78, 5) is 37.8. The van der Waals surface area contributed by atoms with Gasteiger partial charge in [0.2, 0.25) is 5.91 Å². The van der Waals surface area contributed by atoms with Crippen LogP contribution in [0.2, 0.25) is 0 Å². The average Bonchev–Trinajstić information content (AvgIpc) is 2.76. The summed E-state index contributed by atoms with van der Waals surface area (Å²) in [7, 11) is 1.41. The van der Waals surface area contributed by atoms with Crippen LogP contribution in [0.15, 0.2) is 12.1 Å². The molecule has 2 aliphatic heterocycles. The first-order chi connectivity index (χ1) is 10.5. The van der Waals surface area contributed by atoms with Crippen molar-refractivity contribution in [3.63, 3.8) is 0 Å². The summed E-state index contributed by atoms with van der Waals surface area (Å²) in [6, 6.07) is 2.41. The highest BCUT2D eigenvalue weighted by atomic mass is 16.5. The molecule has 1 fully saturated rings. The number of nitrogens with zero attached hydrogens (tertiary/aromatic N) is 1. The topological polar surface area (TPSA) is 95.9 Å². The van der Waals surface area contributed by atoms with Crippen LogP contribution < -0.4 is 5.32 Å². The van der Waals surface area contributed by atoms with E-state index in [1.807, 2.05) is 0 Å². The fourth-order valence-corrected chi connectivity index (χ4v) is 3.06. The van der Waals surface area contributed by atoms with E-state index in [2.05, 4.69) is 5.32 Å². The van der Waals surface area contributed by atoms with Gasteiger partial charge in [-0.3, -0.25) is 19.3 Å². The van der Waals surface area contributed by atoms with Crippen LogP contribution in [0.25, 0.3) is 0 Å². The number of methoxy groups -OCH3 is 1. The van der Waals surface area contributed by atoms with Crippen molar-refractivity contribution in [3.05, 3.63) is 28.8 Å². The van der Waals surface area contributed by atoms with E-state index >= 15 is 0 Å². The Labute approximate surface area is 126 Å². The molecule has 2 N–H and O–H groups in total. The summed E-state index contributed by atoms with van der Waals surface area (Å²) >= 11 is 0. The Hall–Kier alpha value is -2.41. The fraction of sp³-hybridized carbons (Fsp3) is 0.400. The van der Waals surface area contributed by atoms with Crippen molar-refractivity contribution >= 4 is 17.7 Å². The number of ether oxygens (including phenoxy) is 1. The van der Waals surface area contributed by atoms with E-state index in [1.165, 1.54) is 13.2 Å². The predicted octanol–water partition coefficient (Wildman–Crippen LogP) is 0.548. The molecular formula is C15H16N2O5. The molecule has 7 nitrogen and oxygen atoms in total. The number of aromatic hydroxyl groups is 1. The lowest BCUT2D eigenvalue weighted by molar-refractivity contribution is -0.130. The number of aryl methyl sites for hydroxylation is 1. The van der Waals surface area contributed by atoms with Crippen LogP contribution in [0.1, 0.15) is 39.1 Å². The molecule has 1 saturated heterocycles. The van der Waals surface area contributed by atoms with Gasteiger partial charge >= 0.3 is 0 Å². The van der Waals surface area contributed by atoms with E-state index in [1.54, 1.807) is 13.0 Å². The van der Waals surface area contributed by atoms with E-state index in [0.717, 1.165) is 4.90 Å². The second-order valence-corrected chi connectivity index (χ2v) is 5.46. The van der Waals surface area contributed by atoms with Gasteiger partial charge in [0.25, 0.3) is 11.8 Å². The molecule has 1 aromatic rings. The zero-order valence-corrected chi connectivity index (χ0v) is 12.3. The second-order valence-electron chi connectivity index (χ2n) is 5.46. The molecule has 1 aromatic carbocycles. The third kappa shape index (κ3) is 1.97. The number of amides is 3. The Kier molecular flexibility index (Phi) is 3.37. The first-order valence-electron chi connectivity index (χ1n) is 6.98. The SMILES string of the molecule is COC1NC(=O)CCC1N1C(=O)c2c(C)ccc(O)c2C1=O. The molecule has 2 heterocycles. The molecular weight excluding hydrogens is 288 g/mol. The predicted molar refractivity (Wildman–Crippen MR) is 75.3 cm³/mol. The molecule has 116 valence electrons. The average molecular weight is 304 g/mol. The lowest BCUT2D eigenvalue weighted by atomic mass is 10.0. The quantitative estimate of drug-likeness (QED) is 0.778. The molecule has 0 aromatic heterocycles. The van der Waals surface area contributed by atoms with Gasteiger partial charge in [-0.25, -0.2) is 0 Å². The Balaban J connectivity index is 2.02. The van der Waals surface area contributed by atoms with Gasteiger partial charge in [0.1, 0.15) is 5.75 Å². The minimum absolute atomic E-state index is 0.0248. The van der Waals surface area contributed by atoms with Crippen LogP contribution in [0, 0.1) is 6.92 Å². The van der Waals surface area contributed by atoms with Gasteiger partial charge in [-0.2, -0.15) is 0 Å². The maximum atomic E-state index is 12.6. The Bertz CT molecular complexity index is 644. The Morgan fingerprint density at radius 3 is 2.55 bits per heavy atom. The van der Waals surface area contributed by atoms with Crippen LogP contribution >= 0.6 is 0 Å². The first-order valence-corrected chi connectivity index (χ1v) is 6.98. The van der Waals surface area contributed by atoms with Crippen molar-refractivity contribution in [2.45, 2.75) is 32.0 Å². The fourth-order valence-electron chi connectivity index (χ4n) is 3.06. The van der Waals surface area contributed by atoms with Crippen molar-refractivity contribution in [2.75, 3.05) is 7.11 Å². The molecule has 0 aliphatic carbocycles. The summed E-state index contributed by atoms with van der Waals surface area (Å²) in [6.07, 6.45) is -0.204. The van der Waals surface area contributed by atoms with Crippen molar-refractivity contribution in [1.29, 1.82) is 0 Å². The first kappa shape index (κ1) is 14.5. The molecule has 0 radical (unpaired) electrons. The minimum atomic E-state index is -0.745. The molecule has 7 heteroatoms. The number of hydrogen-bond acceptors (Lipinski definition) is 5. The number of carbonyl (C=O) groups excluding carboxylic acids is 3. The van der Waals surface area contributed by atoms with Crippen LogP contribution in [0.5, 0.6) is 5.75 Å². The number of phenols is 1. The summed E-state index contributed by atoms with van der Waals surface area (Å²) in [5.41, 5.74) is 0.871. The van der Waals surface area contributed by atoms with Crippen LogP contribution in [-0.4, -0.2) is 47.1 Å². The highest BCUT2D eigenvalue weighted by Gasteiger charge is 2.46. The number of benzene rings is 1. The van der Waals surface area contributed by atoms with E-state index in [9.17, 15) is 19.5 Å². The highest BCUT2D eigenvalue weighted by molar-refractivity contribution is 6.23. The summed E-state index contributed by atoms with van der Waals surface area (Å²) in [6.45, 7) is 1.71. The number of carbonyl (C=O) groups is 3.